The van der Waals surface area contributed by atoms with Crippen LogP contribution < -0.4 is 0 Å². The summed E-state index contributed by atoms with van der Waals surface area (Å²) in [6.45, 7) is 7.00. The molecule has 0 bridgehead atoms. The normalized spacial score (nSPS) is 17.1. The zero-order valence-corrected chi connectivity index (χ0v) is 12.4. The molecular formula is C16H22FNO2. The van der Waals surface area contributed by atoms with Gasteiger partial charge in [0.1, 0.15) is 11.4 Å². The van der Waals surface area contributed by atoms with Crippen LogP contribution in [0.2, 0.25) is 0 Å². The van der Waals surface area contributed by atoms with Crippen molar-refractivity contribution in [2.45, 2.75) is 45.1 Å². The Morgan fingerprint density at radius 2 is 1.75 bits per heavy atom. The number of hydrogen-bond donors (Lipinski definition) is 0. The summed E-state index contributed by atoms with van der Waals surface area (Å²) < 4.78 is 18.3. The van der Waals surface area contributed by atoms with Gasteiger partial charge in [0.2, 0.25) is 0 Å². The first-order chi connectivity index (χ1) is 9.35. The van der Waals surface area contributed by atoms with Crippen LogP contribution in [-0.2, 0) is 4.74 Å². The average molecular weight is 278 g/mol. The maximum Gasteiger partial charge on any atom is 0.410 e. The van der Waals surface area contributed by atoms with Crippen molar-refractivity contribution in [3.05, 3.63) is 35.6 Å². The molecule has 3 nitrogen and oxygen atoms in total. The van der Waals surface area contributed by atoms with E-state index in [0.29, 0.717) is 19.0 Å². The van der Waals surface area contributed by atoms with Gasteiger partial charge in [-0.25, -0.2) is 9.18 Å². The van der Waals surface area contributed by atoms with Crippen molar-refractivity contribution in [3.8, 4) is 0 Å². The molecule has 1 aliphatic heterocycles. The summed E-state index contributed by atoms with van der Waals surface area (Å²) in [4.78, 5) is 13.7. The third kappa shape index (κ3) is 3.95. The summed E-state index contributed by atoms with van der Waals surface area (Å²) in [6, 6.07) is 6.66. The Labute approximate surface area is 119 Å². The van der Waals surface area contributed by atoms with Gasteiger partial charge in [0.05, 0.1) is 0 Å². The van der Waals surface area contributed by atoms with Crippen molar-refractivity contribution in [3.63, 3.8) is 0 Å². The van der Waals surface area contributed by atoms with Gasteiger partial charge in [-0.05, 0) is 57.2 Å². The Morgan fingerprint density at radius 3 is 2.25 bits per heavy atom. The molecule has 0 aromatic heterocycles. The van der Waals surface area contributed by atoms with Crippen LogP contribution >= 0.6 is 0 Å². The van der Waals surface area contributed by atoms with Crippen molar-refractivity contribution in [1.29, 1.82) is 0 Å². The number of rotatable bonds is 1. The Kier molecular flexibility index (Phi) is 4.31. The van der Waals surface area contributed by atoms with E-state index in [-0.39, 0.29) is 11.9 Å². The maximum absolute atomic E-state index is 12.9. The van der Waals surface area contributed by atoms with E-state index >= 15 is 0 Å². The highest BCUT2D eigenvalue weighted by molar-refractivity contribution is 5.68. The number of carbonyl (C=O) groups excluding carboxylic acids is 1. The average Bonchev–Trinajstić information content (AvgIpc) is 2.38. The molecule has 0 atom stereocenters. The Balaban J connectivity index is 1.89. The number of halogens is 1. The number of piperidine rings is 1. The minimum Gasteiger partial charge on any atom is -0.444 e. The van der Waals surface area contributed by atoms with Crippen molar-refractivity contribution < 1.29 is 13.9 Å². The number of carbonyl (C=O) groups is 1. The molecule has 1 aliphatic rings. The molecule has 1 aromatic carbocycles. The molecular weight excluding hydrogens is 256 g/mol. The van der Waals surface area contributed by atoms with E-state index in [1.165, 1.54) is 12.1 Å². The molecule has 1 saturated heterocycles. The largest absolute Gasteiger partial charge is 0.444 e. The lowest BCUT2D eigenvalue weighted by Gasteiger charge is -2.33. The van der Waals surface area contributed by atoms with Crippen LogP contribution in [0.5, 0.6) is 0 Å². The summed E-state index contributed by atoms with van der Waals surface area (Å²) in [7, 11) is 0. The lowest BCUT2D eigenvalue weighted by Crippen LogP contribution is -2.41. The van der Waals surface area contributed by atoms with Gasteiger partial charge in [-0.1, -0.05) is 12.1 Å². The smallest absolute Gasteiger partial charge is 0.410 e. The summed E-state index contributed by atoms with van der Waals surface area (Å²) in [5, 5.41) is 0. The molecule has 1 fully saturated rings. The van der Waals surface area contributed by atoms with Gasteiger partial charge >= 0.3 is 6.09 Å². The van der Waals surface area contributed by atoms with E-state index in [9.17, 15) is 9.18 Å². The fraction of sp³-hybridized carbons (Fsp3) is 0.562. The van der Waals surface area contributed by atoms with Crippen molar-refractivity contribution >= 4 is 6.09 Å². The molecule has 0 saturated carbocycles. The van der Waals surface area contributed by atoms with Crippen LogP contribution in [0.3, 0.4) is 0 Å². The molecule has 1 amide bonds. The van der Waals surface area contributed by atoms with Crippen molar-refractivity contribution in [2.24, 2.45) is 0 Å². The van der Waals surface area contributed by atoms with Crippen LogP contribution in [0.15, 0.2) is 24.3 Å². The van der Waals surface area contributed by atoms with Gasteiger partial charge in [0.25, 0.3) is 0 Å². The molecule has 0 unspecified atom stereocenters. The first kappa shape index (κ1) is 14.8. The highest BCUT2D eigenvalue weighted by Gasteiger charge is 2.27. The van der Waals surface area contributed by atoms with Crippen LogP contribution in [0.1, 0.15) is 45.1 Å². The van der Waals surface area contributed by atoms with Gasteiger partial charge < -0.3 is 9.64 Å². The molecule has 4 heteroatoms. The predicted octanol–water partition coefficient (Wildman–Crippen LogP) is 3.94. The highest BCUT2D eigenvalue weighted by Crippen LogP contribution is 2.28. The van der Waals surface area contributed by atoms with Gasteiger partial charge in [-0.3, -0.25) is 0 Å². The minimum absolute atomic E-state index is 0.208. The Hall–Kier alpha value is -1.58. The lowest BCUT2D eigenvalue weighted by atomic mass is 9.89. The Morgan fingerprint density at radius 1 is 1.20 bits per heavy atom. The summed E-state index contributed by atoms with van der Waals surface area (Å²) in [5.74, 6) is 0.189. The predicted molar refractivity (Wildman–Crippen MR) is 76.2 cm³/mol. The van der Waals surface area contributed by atoms with Crippen LogP contribution in [0.4, 0.5) is 9.18 Å². The first-order valence-electron chi connectivity index (χ1n) is 7.08. The summed E-state index contributed by atoms with van der Waals surface area (Å²) in [6.07, 6.45) is 1.55. The van der Waals surface area contributed by atoms with E-state index < -0.39 is 5.60 Å². The molecule has 0 N–H and O–H groups in total. The van der Waals surface area contributed by atoms with Crippen LogP contribution in [-0.4, -0.2) is 29.7 Å². The van der Waals surface area contributed by atoms with E-state index in [1.54, 1.807) is 4.90 Å². The zero-order valence-electron chi connectivity index (χ0n) is 12.4. The SMILES string of the molecule is CC(C)(C)OC(=O)N1CCC(c2ccc([18F])cc2)CC1. The number of likely N-dealkylation sites (tertiary alicyclic amines) is 1. The van der Waals surface area contributed by atoms with E-state index in [0.717, 1.165) is 18.4 Å². The fourth-order valence-corrected chi connectivity index (χ4v) is 2.46. The number of benzene rings is 1. The van der Waals surface area contributed by atoms with E-state index in [1.807, 2.05) is 32.9 Å². The minimum atomic E-state index is -0.453. The lowest BCUT2D eigenvalue weighted by molar-refractivity contribution is 0.0205. The summed E-state index contributed by atoms with van der Waals surface area (Å²) >= 11 is 0. The Bertz CT molecular complexity index is 456. The van der Waals surface area contributed by atoms with E-state index in [4.69, 9.17) is 4.74 Å². The van der Waals surface area contributed by atoms with Gasteiger partial charge in [0, 0.05) is 13.1 Å². The second kappa shape index (κ2) is 5.81. The molecule has 0 radical (unpaired) electrons. The number of nitrogens with zero attached hydrogens (tertiary/aromatic N) is 1. The molecule has 2 rings (SSSR count). The summed E-state index contributed by atoms with van der Waals surface area (Å²) in [5.41, 5.74) is 0.695. The third-order valence-electron chi connectivity index (χ3n) is 3.49. The van der Waals surface area contributed by atoms with Crippen LogP contribution in [0, 0.1) is 5.82 Å². The second-order valence-corrected chi connectivity index (χ2v) is 6.29. The second-order valence-electron chi connectivity index (χ2n) is 6.29. The molecule has 0 aliphatic carbocycles. The van der Waals surface area contributed by atoms with Gasteiger partial charge in [-0.2, -0.15) is 0 Å². The molecule has 0 spiro atoms. The number of amides is 1. The number of ether oxygens (including phenoxy) is 1. The van der Waals surface area contributed by atoms with Gasteiger partial charge in [-0.15, -0.1) is 0 Å². The topological polar surface area (TPSA) is 29.5 Å². The molecule has 110 valence electrons. The molecule has 1 heterocycles. The number of hydrogen-bond acceptors (Lipinski definition) is 2. The first-order valence-corrected chi connectivity index (χ1v) is 7.08. The molecule has 1 aromatic rings. The quantitative estimate of drug-likeness (QED) is 0.778. The van der Waals surface area contributed by atoms with E-state index in [2.05, 4.69) is 0 Å². The standard InChI is InChI=1S/C16H22FNO2/c1-16(2,3)20-15(19)18-10-8-13(9-11-18)12-4-6-14(17)7-5-12/h4-7,13H,8-11H2,1-3H3/i17-1. The van der Waals surface area contributed by atoms with Crippen LogP contribution in [0.25, 0.3) is 0 Å². The van der Waals surface area contributed by atoms with Gasteiger partial charge in [0.15, 0.2) is 0 Å². The third-order valence-corrected chi connectivity index (χ3v) is 3.49. The monoisotopic (exact) mass is 278 g/mol. The fourth-order valence-electron chi connectivity index (χ4n) is 2.46. The highest BCUT2D eigenvalue weighted by atomic mass is 18.2. The van der Waals surface area contributed by atoms with Crippen molar-refractivity contribution in [1.82, 2.24) is 4.90 Å². The maximum atomic E-state index is 12.9. The van der Waals surface area contributed by atoms with Crippen molar-refractivity contribution in [2.75, 3.05) is 13.1 Å². The molecule has 20 heavy (non-hydrogen) atoms. The zero-order chi connectivity index (χ0) is 14.8.